The SMILES string of the molecule is O=C1C2[C@H]3C4C5C6C4[C@H]2[C@@H]6C1[C@@H]53. The van der Waals surface area contributed by atoms with Gasteiger partial charge in [0.25, 0.3) is 0 Å². The average molecular weight is 158 g/mol. The van der Waals surface area contributed by atoms with Gasteiger partial charge in [0.2, 0.25) is 0 Å². The molecule has 7 fully saturated rings. The van der Waals surface area contributed by atoms with Gasteiger partial charge in [-0.3, -0.25) is 4.79 Å². The molecular weight excluding hydrogens is 148 g/mol. The predicted molar refractivity (Wildman–Crippen MR) is 39.9 cm³/mol. The van der Waals surface area contributed by atoms with Crippen LogP contribution in [0.1, 0.15) is 0 Å². The van der Waals surface area contributed by atoms with Crippen LogP contribution in [0.2, 0.25) is 0 Å². The van der Waals surface area contributed by atoms with E-state index in [2.05, 4.69) is 0 Å². The molecule has 7 aliphatic carbocycles. The van der Waals surface area contributed by atoms with Crippen LogP contribution in [-0.2, 0) is 4.79 Å². The van der Waals surface area contributed by atoms with E-state index in [1.807, 2.05) is 0 Å². The Bertz CT molecular complexity index is 303. The summed E-state index contributed by atoms with van der Waals surface area (Å²) in [6.07, 6.45) is 0. The summed E-state index contributed by atoms with van der Waals surface area (Å²) in [5, 5.41) is 0. The zero-order valence-corrected chi connectivity index (χ0v) is 6.68. The molecule has 10 atom stereocenters. The summed E-state index contributed by atoms with van der Waals surface area (Å²) in [5.74, 6) is 10.1. The molecule has 0 N–H and O–H groups in total. The summed E-state index contributed by atoms with van der Waals surface area (Å²) in [6.45, 7) is 0. The molecule has 0 radical (unpaired) electrons. The van der Waals surface area contributed by atoms with Gasteiger partial charge in [0.15, 0.2) is 0 Å². The highest BCUT2D eigenvalue weighted by Crippen LogP contribution is 2.95. The lowest BCUT2D eigenvalue weighted by Gasteiger charge is -2.65. The Balaban J connectivity index is 1.86. The van der Waals surface area contributed by atoms with Gasteiger partial charge in [-0.05, 0) is 47.3 Å². The van der Waals surface area contributed by atoms with Crippen LogP contribution in [-0.4, -0.2) is 5.78 Å². The molecule has 2 bridgehead atoms. The van der Waals surface area contributed by atoms with E-state index >= 15 is 0 Å². The average Bonchev–Trinajstić information content (AvgIpc) is 2.40. The molecule has 12 heavy (non-hydrogen) atoms. The molecule has 7 saturated carbocycles. The first-order valence-corrected chi connectivity index (χ1v) is 5.45. The van der Waals surface area contributed by atoms with Gasteiger partial charge in [0.05, 0.1) is 0 Å². The fourth-order valence-corrected chi connectivity index (χ4v) is 7.08. The third kappa shape index (κ3) is 0.179. The molecule has 0 heterocycles. The minimum atomic E-state index is 0.620. The first kappa shape index (κ1) is 4.78. The molecule has 1 heteroatoms. The van der Waals surface area contributed by atoms with Crippen molar-refractivity contribution in [3.8, 4) is 0 Å². The Morgan fingerprint density at radius 1 is 0.583 bits per heavy atom. The first-order valence-electron chi connectivity index (χ1n) is 5.45. The molecule has 60 valence electrons. The van der Waals surface area contributed by atoms with E-state index in [4.69, 9.17) is 0 Å². The Labute approximate surface area is 70.5 Å². The van der Waals surface area contributed by atoms with Crippen molar-refractivity contribution in [1.29, 1.82) is 0 Å². The number of hydrogen-bond acceptors (Lipinski definition) is 1. The zero-order valence-electron chi connectivity index (χ0n) is 6.68. The number of Topliss-reactive ketones (excluding diaryl/α,β-unsaturated/α-hetero) is 1. The van der Waals surface area contributed by atoms with Crippen LogP contribution in [0.4, 0.5) is 0 Å². The zero-order chi connectivity index (χ0) is 7.35. The maximum atomic E-state index is 11.9. The lowest BCUT2D eigenvalue weighted by Crippen LogP contribution is -2.62. The van der Waals surface area contributed by atoms with Crippen LogP contribution < -0.4 is 0 Å². The fourth-order valence-electron chi connectivity index (χ4n) is 7.08. The van der Waals surface area contributed by atoms with E-state index in [1.54, 1.807) is 0 Å². The van der Waals surface area contributed by atoms with Crippen LogP contribution >= 0.6 is 0 Å². The Morgan fingerprint density at radius 2 is 0.917 bits per heavy atom. The number of carbonyl (C=O) groups excluding carboxylic acids is 1. The van der Waals surface area contributed by atoms with E-state index in [-0.39, 0.29) is 0 Å². The lowest BCUT2D eigenvalue weighted by atomic mass is 9.39. The minimum absolute atomic E-state index is 0.620. The lowest BCUT2D eigenvalue weighted by molar-refractivity contribution is -0.183. The summed E-state index contributed by atoms with van der Waals surface area (Å²) >= 11 is 0. The molecule has 0 amide bonds. The van der Waals surface area contributed by atoms with Crippen molar-refractivity contribution in [3.05, 3.63) is 0 Å². The van der Waals surface area contributed by atoms with Gasteiger partial charge in [0, 0.05) is 11.8 Å². The van der Waals surface area contributed by atoms with E-state index in [0.29, 0.717) is 11.8 Å². The van der Waals surface area contributed by atoms with Crippen LogP contribution in [0.25, 0.3) is 0 Å². The smallest absolute Gasteiger partial charge is 0.140 e. The van der Waals surface area contributed by atoms with Gasteiger partial charge in [-0.2, -0.15) is 0 Å². The molecule has 0 aromatic carbocycles. The van der Waals surface area contributed by atoms with Gasteiger partial charge in [-0.1, -0.05) is 0 Å². The Hall–Kier alpha value is -0.330. The quantitative estimate of drug-likeness (QED) is 0.509. The summed E-state index contributed by atoms with van der Waals surface area (Å²) < 4.78 is 0. The number of hydrogen-bond donors (Lipinski definition) is 0. The molecule has 7 aliphatic rings. The molecule has 0 aromatic rings. The highest BCUT2D eigenvalue weighted by atomic mass is 16.1. The van der Waals surface area contributed by atoms with Crippen molar-refractivity contribution in [2.45, 2.75) is 0 Å². The van der Waals surface area contributed by atoms with E-state index < -0.39 is 0 Å². The molecule has 0 spiro atoms. The second kappa shape index (κ2) is 0.935. The fraction of sp³-hybridized carbons (Fsp3) is 0.909. The predicted octanol–water partition coefficient (Wildman–Crippen LogP) is 0.799. The van der Waals surface area contributed by atoms with Gasteiger partial charge < -0.3 is 0 Å². The van der Waals surface area contributed by atoms with Crippen molar-refractivity contribution in [2.24, 2.45) is 59.2 Å². The van der Waals surface area contributed by atoms with Crippen molar-refractivity contribution < 1.29 is 4.79 Å². The van der Waals surface area contributed by atoms with E-state index in [9.17, 15) is 4.79 Å². The second-order valence-electron chi connectivity index (χ2n) is 6.07. The van der Waals surface area contributed by atoms with E-state index in [1.165, 1.54) is 0 Å². The highest BCUT2D eigenvalue weighted by molar-refractivity contribution is 5.93. The summed E-state index contributed by atoms with van der Waals surface area (Å²) in [5.41, 5.74) is 0. The number of rotatable bonds is 0. The second-order valence-corrected chi connectivity index (χ2v) is 6.07. The van der Waals surface area contributed by atoms with Gasteiger partial charge in [-0.25, -0.2) is 0 Å². The van der Waals surface area contributed by atoms with Crippen LogP contribution in [0.15, 0.2) is 0 Å². The Morgan fingerprint density at radius 3 is 1.25 bits per heavy atom. The monoisotopic (exact) mass is 158 g/mol. The first-order chi connectivity index (χ1) is 5.91. The summed E-state index contributed by atoms with van der Waals surface area (Å²) in [7, 11) is 0. The number of ketones is 1. The third-order valence-electron chi connectivity index (χ3n) is 6.76. The van der Waals surface area contributed by atoms with Gasteiger partial charge >= 0.3 is 0 Å². The molecule has 6 unspecified atom stereocenters. The Kier molecular flexibility index (Phi) is 0.372. The summed E-state index contributed by atoms with van der Waals surface area (Å²) in [4.78, 5) is 11.9. The molecule has 0 aliphatic heterocycles. The van der Waals surface area contributed by atoms with Gasteiger partial charge in [0.1, 0.15) is 5.78 Å². The van der Waals surface area contributed by atoms with Crippen LogP contribution in [0.5, 0.6) is 0 Å². The topological polar surface area (TPSA) is 17.1 Å². The van der Waals surface area contributed by atoms with Crippen molar-refractivity contribution in [1.82, 2.24) is 0 Å². The standard InChI is InChI=1S/C11H10O/c12-11-9-5-1-2-4-3(1)7(9)8(4)10(11)6(2)5/h1-10H/t1?,2?,3?,4?,5-,6-,7-,8+,9?,10?/m0/s1. The van der Waals surface area contributed by atoms with Gasteiger partial charge in [-0.15, -0.1) is 0 Å². The molecule has 1 nitrogen and oxygen atoms in total. The third-order valence-corrected chi connectivity index (χ3v) is 6.76. The summed E-state index contributed by atoms with van der Waals surface area (Å²) in [6, 6.07) is 0. The maximum Gasteiger partial charge on any atom is 0.140 e. The highest BCUT2D eigenvalue weighted by Gasteiger charge is 2.94. The molecule has 0 aromatic heterocycles. The van der Waals surface area contributed by atoms with E-state index in [0.717, 1.165) is 53.1 Å². The largest absolute Gasteiger partial charge is 0.299 e. The normalized spacial score (nSPS) is 93.2. The van der Waals surface area contributed by atoms with Crippen molar-refractivity contribution in [2.75, 3.05) is 0 Å². The molecule has 0 saturated heterocycles. The van der Waals surface area contributed by atoms with Crippen molar-refractivity contribution in [3.63, 3.8) is 0 Å². The minimum Gasteiger partial charge on any atom is -0.299 e. The maximum absolute atomic E-state index is 11.9. The number of carbonyl (C=O) groups is 1. The molecule has 7 rings (SSSR count). The van der Waals surface area contributed by atoms with Crippen molar-refractivity contribution >= 4 is 5.78 Å². The van der Waals surface area contributed by atoms with Crippen LogP contribution in [0, 0.1) is 59.2 Å². The van der Waals surface area contributed by atoms with Crippen LogP contribution in [0.3, 0.4) is 0 Å². The molecular formula is C11H10O.